The van der Waals surface area contributed by atoms with E-state index in [1.54, 1.807) is 0 Å². The molecular weight excluding hydrogens is 182 g/mol. The first-order valence-electron chi connectivity index (χ1n) is 6.66. The molecule has 2 aliphatic heterocycles. The predicted octanol–water partition coefficient (Wildman–Crippen LogP) is 3.50. The molecule has 84 valence electrons. The van der Waals surface area contributed by atoms with Crippen LogP contribution in [-0.4, -0.2) is 23.0 Å². The monoisotopic (exact) mass is 205 g/mol. The molecule has 1 aliphatic carbocycles. The van der Waals surface area contributed by atoms with Crippen LogP contribution in [0.4, 0.5) is 0 Å². The Labute approximate surface area is 93.5 Å². The Hall–Kier alpha value is -0.300. The molecule has 1 nitrogen and oxygen atoms in total. The van der Waals surface area contributed by atoms with Crippen LogP contribution in [0, 0.1) is 0 Å². The van der Waals surface area contributed by atoms with Gasteiger partial charge in [-0.3, -0.25) is 4.90 Å². The molecule has 0 aromatic rings. The summed E-state index contributed by atoms with van der Waals surface area (Å²) in [5, 5.41) is 0. The molecule has 0 saturated carbocycles. The third-order valence-electron chi connectivity index (χ3n) is 4.71. The normalized spacial score (nSPS) is 35.2. The molecule has 1 heteroatoms. The van der Waals surface area contributed by atoms with E-state index >= 15 is 0 Å². The summed E-state index contributed by atoms with van der Waals surface area (Å²) >= 11 is 0. The predicted molar refractivity (Wildman–Crippen MR) is 63.9 cm³/mol. The van der Waals surface area contributed by atoms with Crippen LogP contribution in [0.5, 0.6) is 0 Å². The lowest BCUT2D eigenvalue weighted by molar-refractivity contribution is 0.100. The highest BCUT2D eigenvalue weighted by Gasteiger charge is 2.43. The Kier molecular flexibility index (Phi) is 2.21. The lowest BCUT2D eigenvalue weighted by Crippen LogP contribution is -2.51. The van der Waals surface area contributed by atoms with Crippen LogP contribution in [0.25, 0.3) is 0 Å². The summed E-state index contributed by atoms with van der Waals surface area (Å²) in [6, 6.07) is 0.837. The maximum absolute atomic E-state index is 2.79. The highest BCUT2D eigenvalue weighted by Crippen LogP contribution is 2.45. The van der Waals surface area contributed by atoms with Crippen LogP contribution in [-0.2, 0) is 0 Å². The third-order valence-corrected chi connectivity index (χ3v) is 4.71. The van der Waals surface area contributed by atoms with E-state index in [1.807, 2.05) is 11.1 Å². The molecule has 0 N–H and O–H groups in total. The van der Waals surface area contributed by atoms with Gasteiger partial charge in [-0.05, 0) is 65.3 Å². The average molecular weight is 205 g/mol. The SMILES string of the molecule is CC1(C)CC2=C(CCCC2)C2CCCN21. The molecule has 1 atom stereocenters. The zero-order valence-electron chi connectivity index (χ0n) is 10.2. The number of nitrogens with zero attached hydrogens (tertiary/aromatic N) is 1. The van der Waals surface area contributed by atoms with Gasteiger partial charge in [0, 0.05) is 11.6 Å². The van der Waals surface area contributed by atoms with Gasteiger partial charge in [0.1, 0.15) is 0 Å². The maximum Gasteiger partial charge on any atom is 0.0316 e. The van der Waals surface area contributed by atoms with Crippen molar-refractivity contribution in [3.05, 3.63) is 11.1 Å². The maximum atomic E-state index is 2.79. The minimum Gasteiger partial charge on any atom is -0.291 e. The zero-order valence-corrected chi connectivity index (χ0v) is 10.2. The van der Waals surface area contributed by atoms with Crippen LogP contribution < -0.4 is 0 Å². The minimum atomic E-state index is 0.442. The molecule has 1 fully saturated rings. The zero-order chi connectivity index (χ0) is 10.5. The van der Waals surface area contributed by atoms with E-state index in [4.69, 9.17) is 0 Å². The molecule has 3 aliphatic rings. The Morgan fingerprint density at radius 2 is 1.93 bits per heavy atom. The van der Waals surface area contributed by atoms with Crippen molar-refractivity contribution in [3.8, 4) is 0 Å². The van der Waals surface area contributed by atoms with E-state index < -0.39 is 0 Å². The first kappa shape index (κ1) is 9.89. The smallest absolute Gasteiger partial charge is 0.0316 e. The van der Waals surface area contributed by atoms with Gasteiger partial charge in [0.2, 0.25) is 0 Å². The van der Waals surface area contributed by atoms with Crippen molar-refractivity contribution in [2.45, 2.75) is 70.4 Å². The van der Waals surface area contributed by atoms with Crippen molar-refractivity contribution in [3.63, 3.8) is 0 Å². The minimum absolute atomic E-state index is 0.442. The van der Waals surface area contributed by atoms with Crippen LogP contribution >= 0.6 is 0 Å². The summed E-state index contributed by atoms with van der Waals surface area (Å²) < 4.78 is 0. The Morgan fingerprint density at radius 3 is 2.80 bits per heavy atom. The summed E-state index contributed by atoms with van der Waals surface area (Å²) in [6.45, 7) is 6.24. The fraction of sp³-hybridized carbons (Fsp3) is 0.857. The van der Waals surface area contributed by atoms with Crippen LogP contribution in [0.1, 0.15) is 58.8 Å². The second-order valence-corrected chi connectivity index (χ2v) is 6.18. The quantitative estimate of drug-likeness (QED) is 0.547. The number of hydrogen-bond acceptors (Lipinski definition) is 1. The van der Waals surface area contributed by atoms with E-state index in [0.29, 0.717) is 5.54 Å². The second-order valence-electron chi connectivity index (χ2n) is 6.18. The molecule has 1 saturated heterocycles. The summed E-state index contributed by atoms with van der Waals surface area (Å²) in [7, 11) is 0. The van der Waals surface area contributed by atoms with Gasteiger partial charge in [-0.2, -0.15) is 0 Å². The largest absolute Gasteiger partial charge is 0.291 e. The van der Waals surface area contributed by atoms with Gasteiger partial charge in [-0.1, -0.05) is 11.1 Å². The summed E-state index contributed by atoms with van der Waals surface area (Å²) in [5.41, 5.74) is 4.14. The van der Waals surface area contributed by atoms with E-state index in [-0.39, 0.29) is 0 Å². The fourth-order valence-electron chi connectivity index (χ4n) is 4.07. The molecule has 0 amide bonds. The standard InChI is InChI=1S/C14H23N/c1-14(2)10-11-6-3-4-7-12(11)13-8-5-9-15(13)14/h13H,3-10H2,1-2H3. The van der Waals surface area contributed by atoms with Gasteiger partial charge in [0.05, 0.1) is 0 Å². The molecule has 0 aromatic carbocycles. The Balaban J connectivity index is 1.99. The second kappa shape index (κ2) is 3.35. The molecule has 1 unspecified atom stereocenters. The van der Waals surface area contributed by atoms with Crippen molar-refractivity contribution < 1.29 is 0 Å². The summed E-state index contributed by atoms with van der Waals surface area (Å²) in [6.07, 6.45) is 9.91. The lowest BCUT2D eigenvalue weighted by atomic mass is 9.76. The topological polar surface area (TPSA) is 3.24 Å². The van der Waals surface area contributed by atoms with Crippen molar-refractivity contribution in [1.29, 1.82) is 0 Å². The fourth-order valence-corrected chi connectivity index (χ4v) is 4.07. The molecule has 3 rings (SSSR count). The van der Waals surface area contributed by atoms with Crippen molar-refractivity contribution in [1.82, 2.24) is 4.90 Å². The number of hydrogen-bond donors (Lipinski definition) is 0. The third kappa shape index (κ3) is 1.47. The van der Waals surface area contributed by atoms with Gasteiger partial charge < -0.3 is 0 Å². The van der Waals surface area contributed by atoms with Crippen molar-refractivity contribution in [2.24, 2.45) is 0 Å². The van der Waals surface area contributed by atoms with Crippen LogP contribution in [0.3, 0.4) is 0 Å². The highest BCUT2D eigenvalue weighted by atomic mass is 15.2. The summed E-state index contributed by atoms with van der Waals surface area (Å²) in [4.78, 5) is 2.79. The van der Waals surface area contributed by atoms with E-state index in [9.17, 15) is 0 Å². The van der Waals surface area contributed by atoms with Crippen LogP contribution in [0.15, 0.2) is 11.1 Å². The van der Waals surface area contributed by atoms with Crippen molar-refractivity contribution >= 4 is 0 Å². The molecular formula is C14H23N. The number of rotatable bonds is 0. The van der Waals surface area contributed by atoms with E-state index in [1.165, 1.54) is 51.5 Å². The van der Waals surface area contributed by atoms with E-state index in [0.717, 1.165) is 6.04 Å². The first-order chi connectivity index (χ1) is 7.18. The Morgan fingerprint density at radius 1 is 1.13 bits per heavy atom. The van der Waals surface area contributed by atoms with Gasteiger partial charge in [-0.15, -0.1) is 0 Å². The molecule has 0 aromatic heterocycles. The van der Waals surface area contributed by atoms with Gasteiger partial charge in [0.25, 0.3) is 0 Å². The highest BCUT2D eigenvalue weighted by molar-refractivity contribution is 5.29. The van der Waals surface area contributed by atoms with E-state index in [2.05, 4.69) is 18.7 Å². The number of fused-ring (bicyclic) bond motifs is 2. The molecule has 0 spiro atoms. The summed E-state index contributed by atoms with van der Waals surface area (Å²) in [5.74, 6) is 0. The molecule has 2 heterocycles. The van der Waals surface area contributed by atoms with Gasteiger partial charge in [-0.25, -0.2) is 0 Å². The molecule has 0 bridgehead atoms. The molecule has 15 heavy (non-hydrogen) atoms. The van der Waals surface area contributed by atoms with Gasteiger partial charge in [0.15, 0.2) is 0 Å². The Bertz CT molecular complexity index is 300. The van der Waals surface area contributed by atoms with Crippen LogP contribution in [0.2, 0.25) is 0 Å². The first-order valence-corrected chi connectivity index (χ1v) is 6.66. The molecule has 0 radical (unpaired) electrons. The lowest BCUT2D eigenvalue weighted by Gasteiger charge is -2.47. The van der Waals surface area contributed by atoms with Gasteiger partial charge >= 0.3 is 0 Å². The average Bonchev–Trinajstić information content (AvgIpc) is 2.66. The van der Waals surface area contributed by atoms with Crippen molar-refractivity contribution in [2.75, 3.05) is 6.54 Å².